The molecular formula is C66H87N13O9. The van der Waals surface area contributed by atoms with Crippen LogP contribution in [0.1, 0.15) is 122 Å². The number of pyridine rings is 1. The van der Waals surface area contributed by atoms with Crippen LogP contribution in [0.5, 0.6) is 28.7 Å². The number of phenolic OH excluding ortho intramolecular Hbond substituents is 1. The number of hydrogen-bond acceptors (Lipinski definition) is 19. The first kappa shape index (κ1) is 63.1. The molecule has 6 aromatic rings. The number of aromatic nitrogens is 7. The topological polar surface area (TPSA) is 236 Å². The van der Waals surface area contributed by atoms with Gasteiger partial charge < -0.3 is 43.5 Å². The molecular weight excluding hydrogens is 1120 g/mol. The number of anilines is 3. The van der Waals surface area contributed by atoms with Crippen LogP contribution in [0.15, 0.2) is 87.4 Å². The number of rotatable bonds is 17. The van der Waals surface area contributed by atoms with E-state index in [1.165, 1.54) is 26.2 Å². The Morgan fingerprint density at radius 1 is 0.511 bits per heavy atom. The van der Waals surface area contributed by atoms with Gasteiger partial charge >= 0.3 is 0 Å². The summed E-state index contributed by atoms with van der Waals surface area (Å²) in [5.74, 6) is 7.56. The fourth-order valence-electron chi connectivity index (χ4n) is 12.9. The SMILES string of the molecule is C#CCOc1ccc(CN2CCCC(c3cc(=O)[nH]c(N4CCCCC4)n3)C2)cc1OC.COc1cc(CN2CCCC(c3cc(=O)[nH]c(N4CCCC4)n3)C2)cc(OC)c1O.O=c1cc(C2CCCN(Cc3ccncc3)C2)nc(N2CCOCC2)[nH]1. The van der Waals surface area contributed by atoms with Crippen LogP contribution in [0, 0.1) is 12.3 Å². The van der Waals surface area contributed by atoms with Crippen molar-refractivity contribution in [3.8, 4) is 41.1 Å². The van der Waals surface area contributed by atoms with Gasteiger partial charge in [-0.25, -0.2) is 15.0 Å². The average Bonchev–Trinajstić information content (AvgIpc) is 3.81. The third kappa shape index (κ3) is 17.2. The first-order chi connectivity index (χ1) is 43.0. The lowest BCUT2D eigenvalue weighted by atomic mass is 9.94. The zero-order valence-electron chi connectivity index (χ0n) is 51.4. The van der Waals surface area contributed by atoms with Crippen LogP contribution < -0.4 is 50.3 Å². The fourth-order valence-corrected chi connectivity index (χ4v) is 12.9. The second-order valence-corrected chi connectivity index (χ2v) is 23.7. The number of hydrogen-bond donors (Lipinski definition) is 4. The van der Waals surface area contributed by atoms with Gasteiger partial charge in [0.25, 0.3) is 16.7 Å². The molecule has 22 heteroatoms. The van der Waals surface area contributed by atoms with E-state index in [2.05, 4.69) is 73.5 Å². The van der Waals surface area contributed by atoms with E-state index in [-0.39, 0.29) is 40.9 Å². The first-order valence-electron chi connectivity index (χ1n) is 31.4. The minimum absolute atomic E-state index is 0.0161. The number of methoxy groups -OCH3 is 3. The van der Waals surface area contributed by atoms with Crippen LogP contribution in [0.25, 0.3) is 0 Å². The van der Waals surface area contributed by atoms with Crippen molar-refractivity contribution in [2.45, 2.75) is 108 Å². The number of H-pyrrole nitrogens is 3. The molecule has 0 aliphatic carbocycles. The minimum atomic E-state index is -0.0768. The molecule has 0 spiro atoms. The molecule has 3 atom stereocenters. The zero-order valence-corrected chi connectivity index (χ0v) is 51.4. The molecule has 0 amide bonds. The van der Waals surface area contributed by atoms with Gasteiger partial charge in [-0.3, -0.25) is 49.0 Å². The van der Waals surface area contributed by atoms with Gasteiger partial charge in [-0.2, -0.15) is 0 Å². The van der Waals surface area contributed by atoms with Crippen molar-refractivity contribution in [1.82, 2.24) is 49.6 Å². The largest absolute Gasteiger partial charge is 0.502 e. The monoisotopic (exact) mass is 1210 g/mol. The molecule has 22 nitrogen and oxygen atoms in total. The summed E-state index contributed by atoms with van der Waals surface area (Å²) >= 11 is 0. The Morgan fingerprint density at radius 2 is 0.932 bits per heavy atom. The summed E-state index contributed by atoms with van der Waals surface area (Å²) in [5, 5.41) is 10.1. The molecule has 4 aromatic heterocycles. The summed E-state index contributed by atoms with van der Waals surface area (Å²) in [6, 6.07) is 18.8. The number of terminal acetylenes is 1. The molecule has 88 heavy (non-hydrogen) atoms. The molecule has 6 saturated heterocycles. The second-order valence-electron chi connectivity index (χ2n) is 23.7. The maximum Gasteiger partial charge on any atom is 0.252 e. The van der Waals surface area contributed by atoms with Gasteiger partial charge in [-0.1, -0.05) is 12.0 Å². The predicted molar refractivity (Wildman–Crippen MR) is 340 cm³/mol. The normalized spacial score (nSPS) is 20.2. The average molecular weight is 1210 g/mol. The molecule has 0 radical (unpaired) electrons. The van der Waals surface area contributed by atoms with Crippen LogP contribution >= 0.6 is 0 Å². The highest BCUT2D eigenvalue weighted by Gasteiger charge is 2.29. The van der Waals surface area contributed by atoms with Crippen molar-refractivity contribution < 1.29 is 28.8 Å². The van der Waals surface area contributed by atoms with Gasteiger partial charge in [0, 0.05) is 127 Å². The summed E-state index contributed by atoms with van der Waals surface area (Å²) < 4.78 is 27.0. The van der Waals surface area contributed by atoms with Crippen LogP contribution in [-0.2, 0) is 24.4 Å². The fraction of sp³-hybridized carbons (Fsp3) is 0.530. The van der Waals surface area contributed by atoms with E-state index in [0.29, 0.717) is 60.6 Å². The third-order valence-corrected chi connectivity index (χ3v) is 17.4. The maximum atomic E-state index is 12.4. The summed E-state index contributed by atoms with van der Waals surface area (Å²) in [6.07, 6.45) is 21.2. The Morgan fingerprint density at radius 3 is 1.39 bits per heavy atom. The molecule has 3 unspecified atom stereocenters. The summed E-state index contributed by atoms with van der Waals surface area (Å²) in [5.41, 5.74) is 5.95. The van der Waals surface area contributed by atoms with Crippen LogP contribution in [0.2, 0.25) is 0 Å². The summed E-state index contributed by atoms with van der Waals surface area (Å²) in [4.78, 5) is 77.9. The lowest BCUT2D eigenvalue weighted by molar-refractivity contribution is 0.122. The molecule has 10 heterocycles. The van der Waals surface area contributed by atoms with Crippen LogP contribution in [0.3, 0.4) is 0 Å². The van der Waals surface area contributed by atoms with Crippen molar-refractivity contribution in [2.24, 2.45) is 0 Å². The van der Waals surface area contributed by atoms with E-state index in [1.54, 1.807) is 25.3 Å². The third-order valence-electron chi connectivity index (χ3n) is 17.4. The number of phenols is 1. The molecule has 6 aliphatic rings. The molecule has 12 rings (SSSR count). The zero-order chi connectivity index (χ0) is 61.2. The summed E-state index contributed by atoms with van der Waals surface area (Å²) in [6.45, 7) is 15.1. The molecule has 2 aromatic carbocycles. The second kappa shape index (κ2) is 31.3. The van der Waals surface area contributed by atoms with E-state index < -0.39 is 0 Å². The predicted octanol–water partition coefficient (Wildman–Crippen LogP) is 7.01. The Labute approximate surface area is 515 Å². The van der Waals surface area contributed by atoms with Gasteiger partial charge in [-0.05, 0) is 143 Å². The minimum Gasteiger partial charge on any atom is -0.502 e. The molecule has 470 valence electrons. The highest BCUT2D eigenvalue weighted by Crippen LogP contribution is 2.38. The van der Waals surface area contributed by atoms with Crippen LogP contribution in [0.4, 0.5) is 17.8 Å². The quantitative estimate of drug-likeness (QED) is 0.0672. The van der Waals surface area contributed by atoms with Gasteiger partial charge in [0.1, 0.15) is 6.61 Å². The Kier molecular flexibility index (Phi) is 22.4. The lowest BCUT2D eigenvalue weighted by Gasteiger charge is -2.33. The Bertz CT molecular complexity index is 3400. The number of benzene rings is 2. The number of nitrogens with zero attached hydrogens (tertiary/aromatic N) is 10. The number of nitrogens with one attached hydrogen (secondary N) is 3. The maximum absolute atomic E-state index is 12.4. The van der Waals surface area contributed by atoms with E-state index >= 15 is 0 Å². The molecule has 6 aliphatic heterocycles. The van der Waals surface area contributed by atoms with Crippen molar-refractivity contribution in [1.29, 1.82) is 0 Å². The first-order valence-corrected chi connectivity index (χ1v) is 31.4. The number of aromatic amines is 3. The number of likely N-dealkylation sites (tertiary alicyclic amines) is 3. The van der Waals surface area contributed by atoms with Gasteiger partial charge in [0.05, 0.1) is 51.6 Å². The highest BCUT2D eigenvalue weighted by atomic mass is 16.5. The van der Waals surface area contributed by atoms with Gasteiger partial charge in [0.2, 0.25) is 23.6 Å². The highest BCUT2D eigenvalue weighted by molar-refractivity contribution is 5.53. The number of aromatic hydroxyl groups is 1. The smallest absolute Gasteiger partial charge is 0.252 e. The van der Waals surface area contributed by atoms with Gasteiger partial charge in [-0.15, -0.1) is 6.42 Å². The van der Waals surface area contributed by atoms with Crippen molar-refractivity contribution in [3.05, 3.63) is 138 Å². The number of piperidine rings is 4. The van der Waals surface area contributed by atoms with Crippen molar-refractivity contribution in [2.75, 3.05) is 134 Å². The summed E-state index contributed by atoms with van der Waals surface area (Å²) in [7, 11) is 4.70. The number of ether oxygens (including phenoxy) is 5. The van der Waals surface area contributed by atoms with Crippen molar-refractivity contribution >= 4 is 17.8 Å². The molecule has 6 fully saturated rings. The van der Waals surface area contributed by atoms with Gasteiger partial charge in [0.15, 0.2) is 23.0 Å². The standard InChI is InChI=1S/C25H32N4O3.C22H30N4O4.C19H25N5O2/c1-3-14-32-22-10-9-19(15-23(22)31-2)17-28-11-7-8-20(18-28)21-16-24(30)27-25(26-21)29-12-5-4-6-13-29;1-29-18-10-15(11-19(30-2)21(18)28)13-25-7-5-6-16(14-25)17-12-20(27)24-22(23-17)26-8-3-4-9-26;25-18-12-17(21-19(22-18)24-8-10-26-11-9-24)16-2-1-7-23(14-16)13-15-3-5-20-6-4-15/h1,9-10,15-16,20H,4-8,11-14,17-18H2,2H3,(H,26,27,30);10-12,16,28H,3-9,13-14H2,1-2H3,(H,23,24,27);3-6,12,16H,1-2,7-11,13-14H2,(H,21,22,25). The lowest BCUT2D eigenvalue weighted by Crippen LogP contribution is -2.39. The van der Waals surface area contributed by atoms with E-state index in [1.807, 2.05) is 36.7 Å². The van der Waals surface area contributed by atoms with E-state index in [0.717, 1.165) is 190 Å². The van der Waals surface area contributed by atoms with E-state index in [9.17, 15) is 19.5 Å². The Hall–Kier alpha value is -7.97. The van der Waals surface area contributed by atoms with Crippen molar-refractivity contribution in [3.63, 3.8) is 0 Å². The van der Waals surface area contributed by atoms with Crippen LogP contribution in [-0.4, -0.2) is 174 Å². The molecule has 0 bridgehead atoms. The number of morpholine rings is 1. The van der Waals surface area contributed by atoms with E-state index in [4.69, 9.17) is 45.1 Å². The molecule has 4 N–H and O–H groups in total. The Balaban J connectivity index is 0.000000147. The molecule has 0 saturated carbocycles.